The van der Waals surface area contributed by atoms with Gasteiger partial charge in [-0.05, 0) is 122 Å². The molecular weight excluding hydrogens is 542 g/mol. The summed E-state index contributed by atoms with van der Waals surface area (Å²) in [6.07, 6.45) is 7.71. The Balaban J connectivity index is 1.44. The molecule has 3 aliphatic rings. The zero-order valence-corrected chi connectivity index (χ0v) is 27.4. The summed E-state index contributed by atoms with van der Waals surface area (Å²) in [6.45, 7) is 11.8. The molecule has 0 bridgehead atoms. The largest absolute Gasteiger partial charge is 0.493 e. The lowest BCUT2D eigenvalue weighted by Crippen LogP contribution is -2.49. The van der Waals surface area contributed by atoms with Crippen molar-refractivity contribution >= 4 is 17.3 Å². The zero-order valence-electron chi connectivity index (χ0n) is 26.6. The third-order valence-corrected chi connectivity index (χ3v) is 10.6. The summed E-state index contributed by atoms with van der Waals surface area (Å²) in [5.74, 6) is 2.90. The van der Waals surface area contributed by atoms with Crippen LogP contribution in [0.2, 0.25) is 0 Å². The van der Waals surface area contributed by atoms with E-state index >= 15 is 0 Å². The molecule has 230 valence electrons. The number of methoxy groups -OCH3 is 3. The molecule has 3 heterocycles. The van der Waals surface area contributed by atoms with Gasteiger partial charge in [-0.1, -0.05) is 25.5 Å². The molecule has 1 saturated heterocycles. The molecule has 0 spiro atoms. The van der Waals surface area contributed by atoms with E-state index in [1.54, 1.807) is 32.5 Å². The number of benzene rings is 2. The van der Waals surface area contributed by atoms with Crippen LogP contribution in [0.5, 0.6) is 11.5 Å². The van der Waals surface area contributed by atoms with E-state index in [1.807, 2.05) is 0 Å². The molecule has 2 aromatic carbocycles. The first-order valence-electron chi connectivity index (χ1n) is 16.0. The first kappa shape index (κ1) is 31.1. The van der Waals surface area contributed by atoms with Crippen LogP contribution in [-0.4, -0.2) is 69.0 Å². The van der Waals surface area contributed by atoms with Crippen molar-refractivity contribution in [2.24, 2.45) is 11.8 Å². The number of nitrogens with one attached hydrogen (secondary N) is 1. The highest BCUT2D eigenvalue weighted by molar-refractivity contribution is 7.80. The Morgan fingerprint density at radius 1 is 0.905 bits per heavy atom. The summed E-state index contributed by atoms with van der Waals surface area (Å²) in [7, 11) is 5.22. The third-order valence-electron chi connectivity index (χ3n) is 10.3. The summed E-state index contributed by atoms with van der Waals surface area (Å²) in [5, 5.41) is 4.47. The molecule has 0 saturated carbocycles. The molecule has 2 aromatic rings. The van der Waals surface area contributed by atoms with Crippen LogP contribution in [0.15, 0.2) is 24.3 Å². The van der Waals surface area contributed by atoms with E-state index in [1.165, 1.54) is 54.6 Å². The predicted molar refractivity (Wildman–Crippen MR) is 175 cm³/mol. The van der Waals surface area contributed by atoms with E-state index in [0.29, 0.717) is 17.9 Å². The average molecular weight is 594 g/mol. The van der Waals surface area contributed by atoms with E-state index in [9.17, 15) is 0 Å². The maximum absolute atomic E-state index is 6.08. The number of nitrogens with zero attached hydrogens (tertiary/aromatic N) is 2. The Morgan fingerprint density at radius 3 is 2.36 bits per heavy atom. The van der Waals surface area contributed by atoms with E-state index in [4.69, 9.17) is 26.4 Å². The highest BCUT2D eigenvalue weighted by Crippen LogP contribution is 2.48. The predicted octanol–water partition coefficient (Wildman–Crippen LogP) is 6.56. The number of rotatable bonds is 10. The number of aryl methyl sites for hydroxylation is 2. The average Bonchev–Trinajstić information content (AvgIpc) is 3.00. The van der Waals surface area contributed by atoms with Crippen molar-refractivity contribution in [1.29, 1.82) is 0 Å². The maximum atomic E-state index is 6.08. The Kier molecular flexibility index (Phi) is 10.3. The molecular formula is C35H51N3O3S. The van der Waals surface area contributed by atoms with Crippen LogP contribution in [0.4, 0.5) is 0 Å². The van der Waals surface area contributed by atoms with E-state index in [-0.39, 0.29) is 6.04 Å². The molecule has 1 fully saturated rings. The number of thiocarbonyl (C=S) groups is 1. The Hall–Kier alpha value is -2.35. The first-order valence-corrected chi connectivity index (χ1v) is 16.4. The monoisotopic (exact) mass is 593 g/mol. The molecule has 4 unspecified atom stereocenters. The van der Waals surface area contributed by atoms with Gasteiger partial charge in [0, 0.05) is 45.9 Å². The lowest BCUT2D eigenvalue weighted by atomic mass is 9.72. The normalized spacial score (nSPS) is 23.5. The number of unbranched alkanes of at least 4 members (excludes halogenated alkanes) is 1. The number of hydrogen-bond donors (Lipinski definition) is 1. The van der Waals surface area contributed by atoms with Crippen molar-refractivity contribution in [3.05, 3.63) is 57.6 Å². The van der Waals surface area contributed by atoms with E-state index in [2.05, 4.69) is 60.2 Å². The van der Waals surface area contributed by atoms with Crippen LogP contribution in [0.25, 0.3) is 0 Å². The molecule has 0 aliphatic carbocycles. The van der Waals surface area contributed by atoms with Crippen LogP contribution >= 0.6 is 12.2 Å². The second-order valence-electron chi connectivity index (χ2n) is 12.6. The van der Waals surface area contributed by atoms with Gasteiger partial charge in [0.15, 0.2) is 16.6 Å². The minimum absolute atomic E-state index is 0.209. The molecule has 0 radical (unpaired) electrons. The van der Waals surface area contributed by atoms with Crippen molar-refractivity contribution in [2.75, 3.05) is 54.1 Å². The summed E-state index contributed by atoms with van der Waals surface area (Å²) in [6, 6.07) is 10.1. The minimum Gasteiger partial charge on any atom is -0.493 e. The summed E-state index contributed by atoms with van der Waals surface area (Å²) >= 11 is 6.08. The van der Waals surface area contributed by atoms with Gasteiger partial charge in [-0.2, -0.15) is 0 Å². The number of hydrogen-bond acceptors (Lipinski definition) is 5. The van der Waals surface area contributed by atoms with Gasteiger partial charge in [0.25, 0.3) is 0 Å². The fourth-order valence-corrected chi connectivity index (χ4v) is 8.02. The second kappa shape index (κ2) is 14.0. The molecule has 4 atom stereocenters. The van der Waals surface area contributed by atoms with Crippen molar-refractivity contribution in [3.8, 4) is 11.5 Å². The molecule has 7 heteroatoms. The highest BCUT2D eigenvalue weighted by atomic mass is 32.1. The quantitative estimate of drug-likeness (QED) is 0.247. The smallest absolute Gasteiger partial charge is 0.169 e. The summed E-state index contributed by atoms with van der Waals surface area (Å²) in [5.41, 5.74) is 8.67. The van der Waals surface area contributed by atoms with Gasteiger partial charge in [-0.3, -0.25) is 4.90 Å². The van der Waals surface area contributed by atoms with Crippen LogP contribution in [-0.2, 0) is 17.6 Å². The SMILES string of the molecule is CCC1CN2CCc3cc(C)c(C)cc3C2CC1CC1c2cc(OC)c(OC)cc2CCN1C(=S)NCCCCOC. The minimum atomic E-state index is 0.209. The van der Waals surface area contributed by atoms with Crippen molar-refractivity contribution < 1.29 is 14.2 Å². The third kappa shape index (κ3) is 6.44. The van der Waals surface area contributed by atoms with Crippen LogP contribution in [0, 0.1) is 25.7 Å². The van der Waals surface area contributed by atoms with Gasteiger partial charge in [0.05, 0.1) is 20.3 Å². The summed E-state index contributed by atoms with van der Waals surface area (Å²) in [4.78, 5) is 5.26. The van der Waals surface area contributed by atoms with Gasteiger partial charge < -0.3 is 24.4 Å². The van der Waals surface area contributed by atoms with Crippen LogP contribution in [0.3, 0.4) is 0 Å². The second-order valence-corrected chi connectivity index (χ2v) is 13.0. The standard InChI is InChI=1S/C35H51N3O3S/c1-7-25-22-37-13-10-26-16-23(2)24(3)17-29(26)31(37)18-28(25)19-32-30-21-34(41-6)33(40-5)20-27(30)11-14-38(32)35(42)36-12-8-9-15-39-4/h16-17,20-21,25,28,31-32H,7-15,18-19,22H2,1-6H3,(H,36,42). The Bertz CT molecular complexity index is 1250. The summed E-state index contributed by atoms with van der Waals surface area (Å²) < 4.78 is 16.7. The molecule has 42 heavy (non-hydrogen) atoms. The Morgan fingerprint density at radius 2 is 1.62 bits per heavy atom. The molecule has 0 aromatic heterocycles. The van der Waals surface area contributed by atoms with Gasteiger partial charge in [-0.15, -0.1) is 0 Å². The van der Waals surface area contributed by atoms with Crippen molar-refractivity contribution in [3.63, 3.8) is 0 Å². The van der Waals surface area contributed by atoms with Gasteiger partial charge in [-0.25, -0.2) is 0 Å². The lowest BCUT2D eigenvalue weighted by Gasteiger charge is -2.49. The van der Waals surface area contributed by atoms with Gasteiger partial charge in [0.1, 0.15) is 0 Å². The van der Waals surface area contributed by atoms with E-state index in [0.717, 1.165) is 62.0 Å². The lowest BCUT2D eigenvalue weighted by molar-refractivity contribution is 0.0378. The Labute approximate surface area is 259 Å². The number of ether oxygens (including phenoxy) is 3. The van der Waals surface area contributed by atoms with Crippen LogP contribution < -0.4 is 14.8 Å². The molecule has 6 nitrogen and oxygen atoms in total. The fourth-order valence-electron chi connectivity index (χ4n) is 7.70. The van der Waals surface area contributed by atoms with Gasteiger partial charge >= 0.3 is 0 Å². The number of fused-ring (bicyclic) bond motifs is 4. The van der Waals surface area contributed by atoms with Crippen molar-refractivity contribution in [2.45, 2.75) is 77.8 Å². The topological polar surface area (TPSA) is 46.2 Å². The van der Waals surface area contributed by atoms with Gasteiger partial charge in [0.2, 0.25) is 0 Å². The molecule has 0 amide bonds. The fraction of sp³-hybridized carbons (Fsp3) is 0.629. The molecule has 1 N–H and O–H groups in total. The van der Waals surface area contributed by atoms with E-state index < -0.39 is 0 Å². The highest BCUT2D eigenvalue weighted by Gasteiger charge is 2.41. The van der Waals surface area contributed by atoms with Crippen molar-refractivity contribution in [1.82, 2.24) is 15.1 Å². The first-order chi connectivity index (χ1) is 20.4. The molecule has 3 aliphatic heterocycles. The van der Waals surface area contributed by atoms with Crippen LogP contribution in [0.1, 0.15) is 84.5 Å². The zero-order chi connectivity index (χ0) is 29.8. The molecule has 5 rings (SSSR count). The number of piperidine rings is 1. The maximum Gasteiger partial charge on any atom is 0.169 e.